The van der Waals surface area contributed by atoms with Gasteiger partial charge in [-0.1, -0.05) is 104 Å². The summed E-state index contributed by atoms with van der Waals surface area (Å²) in [5.74, 6) is -0.275. The van der Waals surface area contributed by atoms with Gasteiger partial charge >= 0.3 is 0 Å². The molecule has 1 aliphatic carbocycles. The van der Waals surface area contributed by atoms with Gasteiger partial charge in [-0.25, -0.2) is 8.42 Å². The number of rotatable bonds is 13. The molecular weight excluding hydrogens is 611 g/mol. The van der Waals surface area contributed by atoms with Crippen molar-refractivity contribution in [3.8, 4) is 5.75 Å². The number of benzene rings is 4. The van der Waals surface area contributed by atoms with Crippen LogP contribution in [0.5, 0.6) is 5.75 Å². The Bertz CT molecular complexity index is 1740. The number of amides is 2. The molecule has 5 rings (SSSR count). The molecule has 47 heavy (non-hydrogen) atoms. The van der Waals surface area contributed by atoms with Crippen molar-refractivity contribution in [2.75, 3.05) is 18.0 Å². The fraction of sp³-hybridized carbons (Fsp3) is 0.316. The lowest BCUT2D eigenvalue weighted by Gasteiger charge is -2.35. The molecule has 0 heterocycles. The molecular formula is C38H43N3O5S. The maximum absolute atomic E-state index is 14.7. The Labute approximate surface area is 278 Å². The van der Waals surface area contributed by atoms with Gasteiger partial charge in [-0.05, 0) is 55.2 Å². The van der Waals surface area contributed by atoms with E-state index < -0.39 is 28.5 Å². The lowest BCUT2D eigenvalue weighted by atomic mass is 9.94. The second-order valence-electron chi connectivity index (χ2n) is 12.1. The van der Waals surface area contributed by atoms with Crippen molar-refractivity contribution in [3.63, 3.8) is 0 Å². The minimum Gasteiger partial charge on any atom is -0.497 e. The molecule has 0 bridgehead atoms. The van der Waals surface area contributed by atoms with Crippen LogP contribution in [-0.2, 0) is 32.6 Å². The molecule has 1 fully saturated rings. The molecule has 8 nitrogen and oxygen atoms in total. The Hall–Kier alpha value is -4.63. The number of aryl methyl sites for hydroxylation is 1. The SMILES string of the molecule is COc1cccc(N(CC(=O)N(Cc2cccc(C)c2)C(Cc2ccccc2)C(=O)NC2CCCCC2)S(=O)(=O)c2ccccc2)c1. The molecule has 0 aromatic heterocycles. The number of hydrogen-bond acceptors (Lipinski definition) is 5. The quantitative estimate of drug-likeness (QED) is 0.183. The molecule has 1 saturated carbocycles. The lowest BCUT2D eigenvalue weighted by Crippen LogP contribution is -2.55. The molecule has 1 atom stereocenters. The van der Waals surface area contributed by atoms with Crippen molar-refractivity contribution in [1.82, 2.24) is 10.2 Å². The van der Waals surface area contributed by atoms with E-state index >= 15 is 0 Å². The zero-order valence-corrected chi connectivity index (χ0v) is 27.9. The first-order chi connectivity index (χ1) is 22.7. The molecule has 0 spiro atoms. The molecule has 0 radical (unpaired) electrons. The Kier molecular flexibility index (Phi) is 11.3. The van der Waals surface area contributed by atoms with Gasteiger partial charge < -0.3 is 15.0 Å². The van der Waals surface area contributed by atoms with E-state index in [1.807, 2.05) is 61.5 Å². The standard InChI is InChI=1S/C38H43N3O5S/c1-29-14-12-17-31(24-29)27-40(36(25-30-15-6-3-7-16-30)38(43)39-32-18-8-4-9-19-32)37(42)28-41(33-20-13-21-34(26-33)46-2)47(44,45)35-22-10-5-11-23-35/h3,5-7,10-17,20-24,26,32,36H,4,8-9,18-19,25,27-28H2,1-2H3,(H,39,43). The Balaban J connectivity index is 1.57. The summed E-state index contributed by atoms with van der Waals surface area (Å²) in [4.78, 5) is 30.5. The highest BCUT2D eigenvalue weighted by atomic mass is 32.2. The van der Waals surface area contributed by atoms with Crippen LogP contribution >= 0.6 is 0 Å². The van der Waals surface area contributed by atoms with E-state index in [9.17, 15) is 18.0 Å². The van der Waals surface area contributed by atoms with Crippen molar-refractivity contribution >= 4 is 27.5 Å². The van der Waals surface area contributed by atoms with Gasteiger partial charge in [-0.3, -0.25) is 13.9 Å². The van der Waals surface area contributed by atoms with E-state index in [1.54, 1.807) is 47.4 Å². The first-order valence-electron chi connectivity index (χ1n) is 16.2. The first kappa shape index (κ1) is 33.7. The molecule has 4 aromatic carbocycles. The maximum atomic E-state index is 14.7. The van der Waals surface area contributed by atoms with Crippen LogP contribution in [0.25, 0.3) is 0 Å². The minimum atomic E-state index is -4.19. The number of methoxy groups -OCH3 is 1. The first-order valence-corrected chi connectivity index (χ1v) is 17.6. The number of carbonyl (C=O) groups is 2. The molecule has 246 valence electrons. The maximum Gasteiger partial charge on any atom is 0.264 e. The van der Waals surface area contributed by atoms with Crippen LogP contribution in [0.3, 0.4) is 0 Å². The van der Waals surface area contributed by atoms with E-state index in [2.05, 4.69) is 5.32 Å². The van der Waals surface area contributed by atoms with E-state index in [0.717, 1.165) is 53.1 Å². The monoisotopic (exact) mass is 653 g/mol. The number of sulfonamides is 1. The van der Waals surface area contributed by atoms with E-state index in [0.29, 0.717) is 5.75 Å². The largest absolute Gasteiger partial charge is 0.497 e. The van der Waals surface area contributed by atoms with Gasteiger partial charge in [0.1, 0.15) is 18.3 Å². The summed E-state index contributed by atoms with van der Waals surface area (Å²) in [5.41, 5.74) is 3.05. The fourth-order valence-corrected chi connectivity index (χ4v) is 7.55. The van der Waals surface area contributed by atoms with Gasteiger partial charge in [0, 0.05) is 25.1 Å². The summed E-state index contributed by atoms with van der Waals surface area (Å²) in [5, 5.41) is 3.25. The summed E-state index contributed by atoms with van der Waals surface area (Å²) in [6.07, 6.45) is 5.32. The number of nitrogens with one attached hydrogen (secondary N) is 1. The van der Waals surface area contributed by atoms with E-state index in [4.69, 9.17) is 4.74 Å². The summed E-state index contributed by atoms with van der Waals surface area (Å²) in [6.45, 7) is 1.59. The predicted molar refractivity (Wildman–Crippen MR) is 185 cm³/mol. The highest BCUT2D eigenvalue weighted by Crippen LogP contribution is 2.28. The molecule has 0 aliphatic heterocycles. The molecule has 2 amide bonds. The third-order valence-electron chi connectivity index (χ3n) is 8.61. The highest BCUT2D eigenvalue weighted by Gasteiger charge is 2.35. The number of nitrogens with zero attached hydrogens (tertiary/aromatic N) is 2. The summed E-state index contributed by atoms with van der Waals surface area (Å²) >= 11 is 0. The molecule has 4 aromatic rings. The van der Waals surface area contributed by atoms with Gasteiger partial charge in [-0.15, -0.1) is 0 Å². The normalized spacial score (nSPS) is 14.2. The zero-order valence-electron chi connectivity index (χ0n) is 27.0. The van der Waals surface area contributed by atoms with Gasteiger partial charge in [0.2, 0.25) is 11.8 Å². The topological polar surface area (TPSA) is 96.0 Å². The number of ether oxygens (including phenoxy) is 1. The Morgan fingerprint density at radius 2 is 1.49 bits per heavy atom. The van der Waals surface area contributed by atoms with Crippen LogP contribution in [0.1, 0.15) is 48.8 Å². The van der Waals surface area contributed by atoms with Crippen LogP contribution in [0.2, 0.25) is 0 Å². The average molecular weight is 654 g/mol. The third-order valence-corrected chi connectivity index (χ3v) is 10.4. The van der Waals surface area contributed by atoms with Crippen molar-refractivity contribution in [2.24, 2.45) is 0 Å². The molecule has 9 heteroatoms. The van der Waals surface area contributed by atoms with Crippen LogP contribution in [0.15, 0.2) is 114 Å². The van der Waals surface area contributed by atoms with Crippen molar-refractivity contribution in [1.29, 1.82) is 0 Å². The highest BCUT2D eigenvalue weighted by molar-refractivity contribution is 7.92. The van der Waals surface area contributed by atoms with Gasteiger partial charge in [0.05, 0.1) is 17.7 Å². The third kappa shape index (κ3) is 8.80. The summed E-state index contributed by atoms with van der Waals surface area (Å²) in [7, 11) is -2.68. The number of carbonyl (C=O) groups excluding carboxylic acids is 2. The predicted octanol–water partition coefficient (Wildman–Crippen LogP) is 6.29. The fourth-order valence-electron chi connectivity index (χ4n) is 6.12. The second kappa shape index (κ2) is 15.8. The summed E-state index contributed by atoms with van der Waals surface area (Å²) < 4.78 is 34.9. The Morgan fingerprint density at radius 1 is 0.830 bits per heavy atom. The van der Waals surface area contributed by atoms with Crippen molar-refractivity contribution in [2.45, 2.75) is 69.0 Å². The Morgan fingerprint density at radius 3 is 2.17 bits per heavy atom. The molecule has 1 unspecified atom stereocenters. The second-order valence-corrected chi connectivity index (χ2v) is 13.9. The van der Waals surface area contributed by atoms with E-state index in [1.165, 1.54) is 19.2 Å². The minimum absolute atomic E-state index is 0.0391. The number of hydrogen-bond donors (Lipinski definition) is 1. The van der Waals surface area contributed by atoms with Crippen molar-refractivity contribution in [3.05, 3.63) is 126 Å². The zero-order chi connectivity index (χ0) is 33.2. The van der Waals surface area contributed by atoms with Gasteiger partial charge in [0.25, 0.3) is 10.0 Å². The molecule has 0 saturated heterocycles. The van der Waals surface area contributed by atoms with Crippen LogP contribution in [0.4, 0.5) is 5.69 Å². The van der Waals surface area contributed by atoms with Crippen LogP contribution in [0, 0.1) is 6.92 Å². The average Bonchev–Trinajstić information content (AvgIpc) is 3.10. The lowest BCUT2D eigenvalue weighted by molar-refractivity contribution is -0.140. The smallest absolute Gasteiger partial charge is 0.264 e. The summed E-state index contributed by atoms with van der Waals surface area (Å²) in [6, 6.07) is 31.3. The van der Waals surface area contributed by atoms with Crippen LogP contribution < -0.4 is 14.4 Å². The van der Waals surface area contributed by atoms with Gasteiger partial charge in [-0.2, -0.15) is 0 Å². The van der Waals surface area contributed by atoms with E-state index in [-0.39, 0.29) is 35.5 Å². The molecule has 1 aliphatic rings. The van der Waals surface area contributed by atoms with Crippen molar-refractivity contribution < 1.29 is 22.7 Å². The number of anilines is 1. The van der Waals surface area contributed by atoms with Gasteiger partial charge in [0.15, 0.2) is 0 Å². The molecule has 1 N–H and O–H groups in total. The van der Waals surface area contributed by atoms with Crippen LogP contribution in [-0.4, -0.2) is 50.9 Å².